The molecule has 0 atom stereocenters. The highest BCUT2D eigenvalue weighted by Gasteiger charge is 2.17. The summed E-state index contributed by atoms with van der Waals surface area (Å²) in [5.74, 6) is -2.62. The fourth-order valence-corrected chi connectivity index (χ4v) is 3.38. The number of nitrogens with one attached hydrogen (secondary N) is 1. The van der Waals surface area contributed by atoms with Crippen molar-refractivity contribution in [2.75, 3.05) is 5.32 Å². The number of halogens is 2. The van der Waals surface area contributed by atoms with Gasteiger partial charge in [-0.1, -0.05) is 30.3 Å². The van der Waals surface area contributed by atoms with Crippen LogP contribution in [0.5, 0.6) is 0 Å². The number of hydrogen-bond acceptors (Lipinski definition) is 3. The summed E-state index contributed by atoms with van der Waals surface area (Å²) in [7, 11) is 0. The molecular weight excluding hydrogens is 384 g/mol. The molecule has 1 aliphatic heterocycles. The van der Waals surface area contributed by atoms with Crippen LogP contribution in [0.2, 0.25) is 0 Å². The van der Waals surface area contributed by atoms with Crippen molar-refractivity contribution in [1.82, 2.24) is 0 Å². The lowest BCUT2D eigenvalue weighted by Gasteiger charge is -2.12. The fraction of sp³-hybridized carbons (Fsp3) is 0.125. The predicted molar refractivity (Wildman–Crippen MR) is 115 cm³/mol. The third kappa shape index (κ3) is 4.03. The number of rotatable bonds is 4. The van der Waals surface area contributed by atoms with Crippen LogP contribution in [0.25, 0.3) is 11.1 Å². The Morgan fingerprint density at radius 1 is 0.967 bits per heavy atom. The lowest BCUT2D eigenvalue weighted by atomic mass is 9.95. The van der Waals surface area contributed by atoms with Gasteiger partial charge in [-0.15, -0.1) is 0 Å². The smallest absolute Gasteiger partial charge is 0.261 e. The zero-order valence-corrected chi connectivity index (χ0v) is 16.3. The molecule has 3 aromatic carbocycles. The summed E-state index contributed by atoms with van der Waals surface area (Å²) in [6, 6.07) is 16.6. The summed E-state index contributed by atoms with van der Waals surface area (Å²) in [6.45, 7) is 2.02. The molecule has 0 radical (unpaired) electrons. The van der Waals surface area contributed by atoms with Gasteiger partial charge in [-0.25, -0.2) is 8.78 Å². The molecule has 0 unspecified atom stereocenters. The maximum atomic E-state index is 13.8. The van der Waals surface area contributed by atoms with E-state index in [9.17, 15) is 13.6 Å². The van der Waals surface area contributed by atoms with Crippen molar-refractivity contribution in [1.29, 1.82) is 0 Å². The van der Waals surface area contributed by atoms with E-state index in [1.54, 1.807) is 18.3 Å². The lowest BCUT2D eigenvalue weighted by Crippen LogP contribution is -2.15. The zero-order valence-electron chi connectivity index (χ0n) is 16.3. The SMILES string of the molecule is Cc1ccc(C2=NN=CCC2)cc1-c1ccc(NC(=O)c2c(F)cccc2F)cc1. The standard InChI is InChI=1S/C24H19F2N3O/c1-15-7-8-17(22-6-3-13-27-29-22)14-19(15)16-9-11-18(12-10-16)28-24(30)23-20(25)4-2-5-21(23)26/h2,4-5,7-14H,3,6H2,1H3,(H,28,30). The molecule has 30 heavy (non-hydrogen) atoms. The van der Waals surface area contributed by atoms with Crippen molar-refractivity contribution in [3.8, 4) is 11.1 Å². The molecule has 4 rings (SSSR count). The van der Waals surface area contributed by atoms with Gasteiger partial charge in [-0.3, -0.25) is 4.79 Å². The summed E-state index contributed by atoms with van der Waals surface area (Å²) in [5.41, 5.74) is 4.94. The Labute approximate surface area is 173 Å². The summed E-state index contributed by atoms with van der Waals surface area (Å²) < 4.78 is 27.6. The van der Waals surface area contributed by atoms with Gasteiger partial charge in [0.15, 0.2) is 0 Å². The van der Waals surface area contributed by atoms with Crippen LogP contribution in [0, 0.1) is 18.6 Å². The molecule has 1 N–H and O–H groups in total. The molecule has 0 spiro atoms. The van der Waals surface area contributed by atoms with Gasteiger partial charge in [0.2, 0.25) is 0 Å². The largest absolute Gasteiger partial charge is 0.322 e. The second-order valence-electron chi connectivity index (χ2n) is 7.04. The van der Waals surface area contributed by atoms with Gasteiger partial charge in [0.05, 0.1) is 5.71 Å². The first-order chi connectivity index (χ1) is 14.5. The Hall–Kier alpha value is -3.67. The van der Waals surface area contributed by atoms with Crippen molar-refractivity contribution in [3.05, 3.63) is 89.0 Å². The Morgan fingerprint density at radius 3 is 2.33 bits per heavy atom. The first-order valence-electron chi connectivity index (χ1n) is 9.58. The number of hydrogen-bond donors (Lipinski definition) is 1. The highest BCUT2D eigenvalue weighted by Crippen LogP contribution is 2.27. The number of amides is 1. The summed E-state index contributed by atoms with van der Waals surface area (Å²) >= 11 is 0. The maximum absolute atomic E-state index is 13.8. The Morgan fingerprint density at radius 2 is 1.67 bits per heavy atom. The molecule has 0 fully saturated rings. The van der Waals surface area contributed by atoms with Crippen LogP contribution in [-0.2, 0) is 0 Å². The Kier molecular flexibility index (Phi) is 5.48. The van der Waals surface area contributed by atoms with Crippen LogP contribution >= 0.6 is 0 Å². The molecule has 0 aliphatic carbocycles. The second kappa shape index (κ2) is 8.37. The molecule has 6 heteroatoms. The maximum Gasteiger partial charge on any atom is 0.261 e. The van der Waals surface area contributed by atoms with E-state index in [0.717, 1.165) is 52.9 Å². The number of carbonyl (C=O) groups excluding carboxylic acids is 1. The molecule has 0 saturated carbocycles. The molecule has 0 aromatic heterocycles. The molecule has 1 aliphatic rings. The van der Waals surface area contributed by atoms with Crippen LogP contribution in [0.1, 0.15) is 34.3 Å². The van der Waals surface area contributed by atoms with E-state index in [1.807, 2.05) is 31.2 Å². The quantitative estimate of drug-likeness (QED) is 0.591. The number of carbonyl (C=O) groups is 1. The highest BCUT2D eigenvalue weighted by molar-refractivity contribution is 6.05. The first-order valence-corrected chi connectivity index (χ1v) is 9.58. The normalized spacial score (nSPS) is 13.1. The molecule has 0 bridgehead atoms. The first kappa shape index (κ1) is 19.6. The van der Waals surface area contributed by atoms with Gasteiger partial charge in [0, 0.05) is 11.9 Å². The van der Waals surface area contributed by atoms with E-state index in [1.165, 1.54) is 6.07 Å². The van der Waals surface area contributed by atoms with Crippen molar-refractivity contribution < 1.29 is 13.6 Å². The third-order valence-electron chi connectivity index (χ3n) is 4.98. The van der Waals surface area contributed by atoms with Crippen LogP contribution < -0.4 is 5.32 Å². The minimum Gasteiger partial charge on any atom is -0.322 e. The lowest BCUT2D eigenvalue weighted by molar-refractivity contribution is 0.101. The van der Waals surface area contributed by atoms with Crippen LogP contribution in [0.15, 0.2) is 70.9 Å². The number of aryl methyl sites for hydroxylation is 1. The fourth-order valence-electron chi connectivity index (χ4n) is 3.38. The number of nitrogens with zero attached hydrogens (tertiary/aromatic N) is 2. The Balaban J connectivity index is 1.57. The average Bonchev–Trinajstić information content (AvgIpc) is 2.75. The van der Waals surface area contributed by atoms with Crippen molar-refractivity contribution >= 4 is 23.5 Å². The molecular formula is C24H19F2N3O. The van der Waals surface area contributed by atoms with E-state index >= 15 is 0 Å². The molecule has 1 heterocycles. The molecule has 3 aromatic rings. The van der Waals surface area contributed by atoms with Crippen LogP contribution in [0.3, 0.4) is 0 Å². The summed E-state index contributed by atoms with van der Waals surface area (Å²) in [5, 5.41) is 10.8. The number of benzene rings is 3. The van der Waals surface area contributed by atoms with Crippen molar-refractivity contribution in [2.24, 2.45) is 10.2 Å². The summed E-state index contributed by atoms with van der Waals surface area (Å²) in [4.78, 5) is 12.3. The predicted octanol–water partition coefficient (Wildman–Crippen LogP) is 5.76. The molecule has 0 saturated heterocycles. The highest BCUT2D eigenvalue weighted by atomic mass is 19.1. The van der Waals surface area contributed by atoms with E-state index in [4.69, 9.17) is 0 Å². The minimum absolute atomic E-state index is 0.450. The van der Waals surface area contributed by atoms with E-state index in [2.05, 4.69) is 21.6 Å². The van der Waals surface area contributed by atoms with E-state index in [-0.39, 0.29) is 0 Å². The van der Waals surface area contributed by atoms with Gasteiger partial charge < -0.3 is 5.32 Å². The van der Waals surface area contributed by atoms with Gasteiger partial charge in [-0.05, 0) is 72.4 Å². The van der Waals surface area contributed by atoms with Crippen molar-refractivity contribution in [2.45, 2.75) is 19.8 Å². The van der Waals surface area contributed by atoms with Gasteiger partial charge in [0.1, 0.15) is 17.2 Å². The van der Waals surface area contributed by atoms with Gasteiger partial charge >= 0.3 is 0 Å². The molecule has 1 amide bonds. The zero-order chi connectivity index (χ0) is 21.1. The van der Waals surface area contributed by atoms with Crippen molar-refractivity contribution in [3.63, 3.8) is 0 Å². The average molecular weight is 403 g/mol. The molecule has 4 nitrogen and oxygen atoms in total. The Bertz CT molecular complexity index is 1150. The summed E-state index contributed by atoms with van der Waals surface area (Å²) in [6.07, 6.45) is 3.53. The minimum atomic E-state index is -0.897. The monoisotopic (exact) mass is 403 g/mol. The molecule has 150 valence electrons. The topological polar surface area (TPSA) is 53.8 Å². The van der Waals surface area contributed by atoms with Crippen LogP contribution in [0.4, 0.5) is 14.5 Å². The second-order valence-corrected chi connectivity index (χ2v) is 7.04. The van der Waals surface area contributed by atoms with Gasteiger partial charge in [0.25, 0.3) is 5.91 Å². The van der Waals surface area contributed by atoms with Gasteiger partial charge in [-0.2, -0.15) is 10.2 Å². The van der Waals surface area contributed by atoms with E-state index < -0.39 is 23.1 Å². The van der Waals surface area contributed by atoms with E-state index in [0.29, 0.717) is 5.69 Å². The number of anilines is 1. The van der Waals surface area contributed by atoms with Crippen LogP contribution in [-0.4, -0.2) is 17.8 Å². The third-order valence-corrected chi connectivity index (χ3v) is 4.98.